The Hall–Kier alpha value is -3.53. The third-order valence-corrected chi connectivity index (χ3v) is 6.43. The Morgan fingerprint density at radius 2 is 1.76 bits per heavy atom. The first-order valence-corrected chi connectivity index (χ1v) is 11.2. The number of benzene rings is 1. The summed E-state index contributed by atoms with van der Waals surface area (Å²) < 4.78 is 9.83. The zero-order valence-corrected chi connectivity index (χ0v) is 19.6. The lowest BCUT2D eigenvalue weighted by Crippen LogP contribution is -2.30. The van der Waals surface area contributed by atoms with Gasteiger partial charge in [-0.2, -0.15) is 0 Å². The van der Waals surface area contributed by atoms with Gasteiger partial charge in [-0.25, -0.2) is 9.59 Å². The molecule has 2 aromatic rings. The van der Waals surface area contributed by atoms with Crippen LogP contribution in [0.2, 0.25) is 0 Å². The molecule has 1 N–H and O–H groups in total. The molecule has 2 heterocycles. The predicted molar refractivity (Wildman–Crippen MR) is 121 cm³/mol. The van der Waals surface area contributed by atoms with Gasteiger partial charge in [0.1, 0.15) is 5.00 Å². The molecule has 0 fully saturated rings. The number of carbonyl (C=O) groups is 5. The van der Waals surface area contributed by atoms with Crippen LogP contribution >= 0.6 is 11.3 Å². The highest BCUT2D eigenvalue weighted by molar-refractivity contribution is 7.16. The van der Waals surface area contributed by atoms with E-state index >= 15 is 0 Å². The van der Waals surface area contributed by atoms with Crippen molar-refractivity contribution in [3.63, 3.8) is 0 Å². The number of methoxy groups -OCH3 is 1. The number of amides is 3. The van der Waals surface area contributed by atoms with Crippen LogP contribution in [0.15, 0.2) is 18.2 Å². The van der Waals surface area contributed by atoms with E-state index in [-0.39, 0.29) is 28.2 Å². The van der Waals surface area contributed by atoms with Crippen LogP contribution in [0.5, 0.6) is 0 Å². The molecule has 10 heteroatoms. The first-order chi connectivity index (χ1) is 15.7. The van der Waals surface area contributed by atoms with Crippen molar-refractivity contribution in [1.82, 2.24) is 4.90 Å². The molecule has 3 rings (SSSR count). The van der Waals surface area contributed by atoms with Crippen LogP contribution in [-0.2, 0) is 14.3 Å². The third kappa shape index (κ3) is 4.80. The Balaban J connectivity index is 1.66. The minimum absolute atomic E-state index is 0.0538. The molecule has 1 aromatic heterocycles. The fraction of sp³-hybridized carbons (Fsp3) is 0.348. The molecule has 174 valence electrons. The van der Waals surface area contributed by atoms with Gasteiger partial charge in [0.15, 0.2) is 6.61 Å². The lowest BCUT2D eigenvalue weighted by molar-refractivity contribution is -0.119. The molecular formula is C23H24N2O7S. The van der Waals surface area contributed by atoms with Crippen molar-refractivity contribution < 1.29 is 33.4 Å². The number of ether oxygens (including phenoxy) is 2. The second kappa shape index (κ2) is 9.95. The van der Waals surface area contributed by atoms with Gasteiger partial charge in [0.05, 0.1) is 29.4 Å². The number of hydrogen-bond donors (Lipinski definition) is 1. The van der Waals surface area contributed by atoms with Gasteiger partial charge < -0.3 is 14.8 Å². The first kappa shape index (κ1) is 24.1. The number of carbonyl (C=O) groups excluding carboxylic acids is 5. The molecule has 0 saturated heterocycles. The number of nitrogens with one attached hydrogen (secondary N) is 1. The maximum atomic E-state index is 12.6. The summed E-state index contributed by atoms with van der Waals surface area (Å²) in [7, 11) is 1.25. The highest BCUT2D eigenvalue weighted by Gasteiger charge is 2.35. The molecule has 0 unspecified atom stereocenters. The van der Waals surface area contributed by atoms with Crippen molar-refractivity contribution in [1.29, 1.82) is 0 Å². The third-order valence-electron chi connectivity index (χ3n) is 5.30. The molecule has 1 aromatic carbocycles. The molecular weight excluding hydrogens is 448 g/mol. The van der Waals surface area contributed by atoms with Crippen molar-refractivity contribution in [2.75, 3.05) is 25.6 Å². The van der Waals surface area contributed by atoms with Gasteiger partial charge in [-0.3, -0.25) is 19.3 Å². The number of rotatable bonds is 8. The first-order valence-electron chi connectivity index (χ1n) is 10.3. The monoisotopic (exact) mass is 472 g/mol. The van der Waals surface area contributed by atoms with Gasteiger partial charge >= 0.3 is 11.9 Å². The zero-order valence-electron chi connectivity index (χ0n) is 18.8. The van der Waals surface area contributed by atoms with E-state index in [4.69, 9.17) is 9.47 Å². The van der Waals surface area contributed by atoms with Gasteiger partial charge in [-0.1, -0.05) is 13.3 Å². The number of imide groups is 1. The number of anilines is 1. The van der Waals surface area contributed by atoms with Crippen molar-refractivity contribution >= 4 is 46.0 Å². The van der Waals surface area contributed by atoms with E-state index in [0.29, 0.717) is 23.5 Å². The molecule has 0 atom stereocenters. The number of unbranched alkanes of at least 4 members (excludes halogenated alkanes) is 1. The van der Waals surface area contributed by atoms with Gasteiger partial charge in [-0.15, -0.1) is 11.3 Å². The van der Waals surface area contributed by atoms with E-state index in [0.717, 1.165) is 11.3 Å². The van der Waals surface area contributed by atoms with E-state index in [2.05, 4.69) is 5.32 Å². The van der Waals surface area contributed by atoms with Gasteiger partial charge in [0.2, 0.25) is 0 Å². The fourth-order valence-corrected chi connectivity index (χ4v) is 4.44. The quantitative estimate of drug-likeness (QED) is 0.462. The van der Waals surface area contributed by atoms with Gasteiger partial charge in [0, 0.05) is 11.4 Å². The summed E-state index contributed by atoms with van der Waals surface area (Å²) in [6.45, 7) is 5.24. The average Bonchev–Trinajstić information content (AvgIpc) is 3.21. The molecule has 0 spiro atoms. The molecule has 33 heavy (non-hydrogen) atoms. The second-order valence-electron chi connectivity index (χ2n) is 7.48. The minimum Gasteiger partial charge on any atom is -0.465 e. The summed E-state index contributed by atoms with van der Waals surface area (Å²) in [5.41, 5.74) is 1.39. The molecule has 0 bridgehead atoms. The van der Waals surface area contributed by atoms with Crippen molar-refractivity contribution in [3.05, 3.63) is 50.9 Å². The van der Waals surface area contributed by atoms with Gasteiger partial charge in [-0.05, 0) is 44.0 Å². The number of thiophene rings is 1. The Kier molecular flexibility index (Phi) is 7.27. The van der Waals surface area contributed by atoms with E-state index < -0.39 is 30.4 Å². The SMILES string of the molecule is CCCCN1C(=O)c2ccc(C(=O)OCC(=O)Nc3sc(C)c(C)c3C(=O)OC)cc2C1=O. The molecule has 1 aliphatic heterocycles. The van der Waals surface area contributed by atoms with E-state index in [1.54, 1.807) is 6.92 Å². The lowest BCUT2D eigenvalue weighted by atomic mass is 10.1. The molecule has 0 radical (unpaired) electrons. The second-order valence-corrected chi connectivity index (χ2v) is 8.70. The maximum Gasteiger partial charge on any atom is 0.341 e. The maximum absolute atomic E-state index is 12.6. The smallest absolute Gasteiger partial charge is 0.341 e. The number of fused-ring (bicyclic) bond motifs is 1. The molecule has 1 aliphatic rings. The largest absolute Gasteiger partial charge is 0.465 e. The van der Waals surface area contributed by atoms with E-state index in [9.17, 15) is 24.0 Å². The topological polar surface area (TPSA) is 119 Å². The number of hydrogen-bond acceptors (Lipinski definition) is 8. The Bertz CT molecular complexity index is 1150. The molecule has 0 saturated carbocycles. The van der Waals surface area contributed by atoms with Crippen LogP contribution in [0.25, 0.3) is 0 Å². The Labute approximate surface area is 194 Å². The summed E-state index contributed by atoms with van der Waals surface area (Å²) in [5.74, 6) is -2.85. The van der Waals surface area contributed by atoms with Gasteiger partial charge in [0.25, 0.3) is 17.7 Å². The summed E-state index contributed by atoms with van der Waals surface area (Å²) in [6.07, 6.45) is 1.52. The van der Waals surface area contributed by atoms with Crippen LogP contribution in [0.1, 0.15) is 71.6 Å². The Morgan fingerprint density at radius 3 is 2.42 bits per heavy atom. The normalized spacial score (nSPS) is 12.5. The van der Waals surface area contributed by atoms with E-state index in [1.165, 1.54) is 41.5 Å². The summed E-state index contributed by atoms with van der Waals surface area (Å²) in [6, 6.07) is 4.11. The van der Waals surface area contributed by atoms with E-state index in [1.807, 2.05) is 13.8 Å². The van der Waals surface area contributed by atoms with Crippen molar-refractivity contribution in [2.45, 2.75) is 33.6 Å². The summed E-state index contributed by atoms with van der Waals surface area (Å²) >= 11 is 1.22. The van der Waals surface area contributed by atoms with Crippen molar-refractivity contribution in [2.24, 2.45) is 0 Å². The van der Waals surface area contributed by atoms with Crippen molar-refractivity contribution in [3.8, 4) is 0 Å². The van der Waals surface area contributed by atoms with Crippen LogP contribution in [0.3, 0.4) is 0 Å². The zero-order chi connectivity index (χ0) is 24.3. The minimum atomic E-state index is -0.813. The highest BCUT2D eigenvalue weighted by atomic mass is 32.1. The fourth-order valence-electron chi connectivity index (χ4n) is 3.38. The summed E-state index contributed by atoms with van der Waals surface area (Å²) in [4.78, 5) is 63.7. The number of esters is 2. The average molecular weight is 473 g/mol. The lowest BCUT2D eigenvalue weighted by Gasteiger charge is -2.12. The van der Waals surface area contributed by atoms with Crippen LogP contribution in [0, 0.1) is 13.8 Å². The summed E-state index contributed by atoms with van der Waals surface area (Å²) in [5, 5.41) is 2.88. The van der Waals surface area contributed by atoms with Crippen LogP contribution in [-0.4, -0.2) is 54.8 Å². The molecule has 0 aliphatic carbocycles. The predicted octanol–water partition coefficient (Wildman–Crippen LogP) is 3.34. The standard InChI is InChI=1S/C23H24N2O7S/c1-5-6-9-25-20(27)15-8-7-14(10-16(15)21(25)28)22(29)32-11-17(26)24-19-18(23(30)31-4)12(2)13(3)33-19/h7-8,10H,5-6,9,11H2,1-4H3,(H,24,26). The number of aryl methyl sites for hydroxylation is 1. The van der Waals surface area contributed by atoms with Crippen LogP contribution < -0.4 is 5.32 Å². The molecule has 9 nitrogen and oxygen atoms in total. The number of nitrogens with zero attached hydrogens (tertiary/aromatic N) is 1. The highest BCUT2D eigenvalue weighted by Crippen LogP contribution is 2.33. The van der Waals surface area contributed by atoms with Crippen LogP contribution in [0.4, 0.5) is 5.00 Å². The Morgan fingerprint density at radius 1 is 1.06 bits per heavy atom. The molecule has 3 amide bonds.